The molecule has 0 bridgehead atoms. The summed E-state index contributed by atoms with van der Waals surface area (Å²) in [6.45, 7) is 0.641. The van der Waals surface area contributed by atoms with Crippen molar-refractivity contribution in [3.63, 3.8) is 0 Å². The SMILES string of the molecule is O=C(CSc1nc2ccccc2n1Cc1ccc(Cl)cc1)N/N=C/c1ccccc1Br. The second kappa shape index (κ2) is 10.1. The number of hydrogen-bond acceptors (Lipinski definition) is 4. The number of rotatable bonds is 7. The number of nitrogens with zero attached hydrogens (tertiary/aromatic N) is 3. The number of para-hydroxylation sites is 2. The van der Waals surface area contributed by atoms with Crippen LogP contribution >= 0.6 is 39.3 Å². The summed E-state index contributed by atoms with van der Waals surface area (Å²) in [4.78, 5) is 17.0. The Morgan fingerprint density at radius 3 is 2.65 bits per heavy atom. The van der Waals surface area contributed by atoms with Crippen LogP contribution in [0.4, 0.5) is 0 Å². The van der Waals surface area contributed by atoms with Gasteiger partial charge in [0.05, 0.1) is 29.5 Å². The standard InChI is InChI=1S/C23H18BrClN4OS/c24-19-6-2-1-5-17(19)13-26-28-22(30)15-31-23-27-20-7-3-4-8-21(20)29(23)14-16-9-11-18(25)12-10-16/h1-13H,14-15H2,(H,28,30)/b26-13+. The lowest BCUT2D eigenvalue weighted by Gasteiger charge is -2.09. The molecular weight excluding hydrogens is 496 g/mol. The molecule has 0 saturated heterocycles. The molecule has 156 valence electrons. The maximum Gasteiger partial charge on any atom is 0.250 e. The average molecular weight is 514 g/mol. The van der Waals surface area contributed by atoms with Crippen LogP contribution in [-0.2, 0) is 11.3 Å². The minimum absolute atomic E-state index is 0.196. The number of nitrogens with one attached hydrogen (secondary N) is 1. The van der Waals surface area contributed by atoms with Crippen LogP contribution < -0.4 is 5.43 Å². The molecule has 0 saturated carbocycles. The summed E-state index contributed by atoms with van der Waals surface area (Å²) < 4.78 is 3.03. The minimum Gasteiger partial charge on any atom is -0.314 e. The summed E-state index contributed by atoms with van der Waals surface area (Å²) >= 11 is 10.8. The Labute approximate surface area is 197 Å². The average Bonchev–Trinajstić information content (AvgIpc) is 3.12. The molecule has 3 aromatic carbocycles. The molecule has 0 aliphatic heterocycles. The fraction of sp³-hybridized carbons (Fsp3) is 0.0870. The third kappa shape index (κ3) is 5.55. The third-order valence-corrected chi connectivity index (χ3v) is 6.45. The summed E-state index contributed by atoms with van der Waals surface area (Å²) in [5.41, 5.74) is 6.49. The number of imidazole rings is 1. The van der Waals surface area contributed by atoms with Crippen molar-refractivity contribution >= 4 is 62.4 Å². The molecule has 0 atom stereocenters. The zero-order valence-corrected chi connectivity index (χ0v) is 19.5. The molecule has 4 rings (SSSR count). The Hall–Kier alpha value is -2.61. The van der Waals surface area contributed by atoms with Crippen molar-refractivity contribution in [2.45, 2.75) is 11.7 Å². The third-order valence-electron chi connectivity index (χ3n) is 4.50. The summed E-state index contributed by atoms with van der Waals surface area (Å²) in [5, 5.41) is 5.53. The number of amides is 1. The highest BCUT2D eigenvalue weighted by molar-refractivity contribution is 9.10. The van der Waals surface area contributed by atoms with Gasteiger partial charge in [0.15, 0.2) is 5.16 Å². The Balaban J connectivity index is 1.46. The molecule has 8 heteroatoms. The van der Waals surface area contributed by atoms with Crippen molar-refractivity contribution in [3.8, 4) is 0 Å². The van der Waals surface area contributed by atoms with E-state index < -0.39 is 0 Å². The lowest BCUT2D eigenvalue weighted by molar-refractivity contribution is -0.118. The largest absolute Gasteiger partial charge is 0.314 e. The Bertz CT molecular complexity index is 1240. The molecule has 0 radical (unpaired) electrons. The van der Waals surface area contributed by atoms with Gasteiger partial charge in [0.1, 0.15) is 0 Å². The lowest BCUT2D eigenvalue weighted by atomic mass is 10.2. The second-order valence-corrected chi connectivity index (χ2v) is 8.93. The molecule has 0 aliphatic rings. The van der Waals surface area contributed by atoms with Gasteiger partial charge in [-0.2, -0.15) is 5.10 Å². The Morgan fingerprint density at radius 1 is 1.10 bits per heavy atom. The number of carbonyl (C=O) groups is 1. The highest BCUT2D eigenvalue weighted by Crippen LogP contribution is 2.25. The van der Waals surface area contributed by atoms with E-state index in [0.29, 0.717) is 11.6 Å². The van der Waals surface area contributed by atoms with Crippen LogP contribution in [0.2, 0.25) is 5.02 Å². The fourth-order valence-corrected chi connectivity index (χ4v) is 4.32. The van der Waals surface area contributed by atoms with Crippen LogP contribution in [0, 0.1) is 0 Å². The number of halogens is 2. The monoisotopic (exact) mass is 512 g/mol. The zero-order valence-electron chi connectivity index (χ0n) is 16.3. The van der Waals surface area contributed by atoms with Crippen LogP contribution in [-0.4, -0.2) is 27.4 Å². The van der Waals surface area contributed by atoms with E-state index in [4.69, 9.17) is 16.6 Å². The number of thioether (sulfide) groups is 1. The smallest absolute Gasteiger partial charge is 0.250 e. The van der Waals surface area contributed by atoms with E-state index in [1.54, 1.807) is 6.21 Å². The van der Waals surface area contributed by atoms with E-state index in [0.717, 1.165) is 31.8 Å². The van der Waals surface area contributed by atoms with E-state index >= 15 is 0 Å². The lowest BCUT2D eigenvalue weighted by Crippen LogP contribution is -2.20. The van der Waals surface area contributed by atoms with Gasteiger partial charge in [-0.25, -0.2) is 10.4 Å². The van der Waals surface area contributed by atoms with Crippen molar-refractivity contribution < 1.29 is 4.79 Å². The topological polar surface area (TPSA) is 59.3 Å². The predicted molar refractivity (Wildman–Crippen MR) is 131 cm³/mol. The number of hydrazone groups is 1. The first-order valence-corrected chi connectivity index (χ1v) is 11.6. The van der Waals surface area contributed by atoms with E-state index in [1.165, 1.54) is 11.8 Å². The molecule has 0 fully saturated rings. The number of aromatic nitrogens is 2. The number of benzene rings is 3. The van der Waals surface area contributed by atoms with E-state index in [9.17, 15) is 4.79 Å². The maximum atomic E-state index is 12.3. The normalized spacial score (nSPS) is 11.3. The van der Waals surface area contributed by atoms with Gasteiger partial charge in [-0.3, -0.25) is 4.79 Å². The number of carbonyl (C=O) groups excluding carboxylic acids is 1. The number of fused-ring (bicyclic) bond motifs is 1. The zero-order chi connectivity index (χ0) is 21.6. The highest BCUT2D eigenvalue weighted by atomic mass is 79.9. The first-order chi connectivity index (χ1) is 15.1. The van der Waals surface area contributed by atoms with E-state index in [1.807, 2.05) is 72.8 Å². The van der Waals surface area contributed by atoms with Crippen LogP contribution in [0.1, 0.15) is 11.1 Å². The van der Waals surface area contributed by atoms with Crippen LogP contribution in [0.5, 0.6) is 0 Å². The van der Waals surface area contributed by atoms with E-state index in [2.05, 4.69) is 31.0 Å². The second-order valence-electron chi connectivity index (χ2n) is 6.70. The van der Waals surface area contributed by atoms with Gasteiger partial charge < -0.3 is 4.57 Å². The molecule has 1 amide bonds. The van der Waals surface area contributed by atoms with Gasteiger partial charge in [-0.15, -0.1) is 0 Å². The molecule has 1 N–H and O–H groups in total. The molecule has 1 aromatic heterocycles. The fourth-order valence-electron chi connectivity index (χ4n) is 3.00. The van der Waals surface area contributed by atoms with Gasteiger partial charge in [0.25, 0.3) is 5.91 Å². The molecular formula is C23H18BrClN4OS. The van der Waals surface area contributed by atoms with Gasteiger partial charge in [0.2, 0.25) is 0 Å². The Kier molecular flexibility index (Phi) is 7.06. The molecule has 31 heavy (non-hydrogen) atoms. The quantitative estimate of drug-likeness (QED) is 0.195. The first kappa shape index (κ1) is 21.6. The minimum atomic E-state index is -0.196. The maximum absolute atomic E-state index is 12.3. The van der Waals surface area contributed by atoms with Crippen LogP contribution in [0.15, 0.2) is 87.5 Å². The first-order valence-electron chi connectivity index (χ1n) is 9.49. The Morgan fingerprint density at radius 2 is 1.84 bits per heavy atom. The van der Waals surface area contributed by atoms with Crippen molar-refractivity contribution in [1.29, 1.82) is 0 Å². The van der Waals surface area contributed by atoms with Crippen LogP contribution in [0.3, 0.4) is 0 Å². The van der Waals surface area contributed by atoms with Crippen molar-refractivity contribution in [2.75, 3.05) is 5.75 Å². The van der Waals surface area contributed by atoms with Gasteiger partial charge >= 0.3 is 0 Å². The molecule has 5 nitrogen and oxygen atoms in total. The summed E-state index contributed by atoms with van der Waals surface area (Å²) in [6.07, 6.45) is 1.61. The summed E-state index contributed by atoms with van der Waals surface area (Å²) in [7, 11) is 0. The van der Waals surface area contributed by atoms with Crippen molar-refractivity contribution in [2.24, 2.45) is 5.10 Å². The van der Waals surface area contributed by atoms with Crippen molar-refractivity contribution in [3.05, 3.63) is 93.4 Å². The molecule has 4 aromatic rings. The van der Waals surface area contributed by atoms with Crippen LogP contribution in [0.25, 0.3) is 11.0 Å². The molecule has 1 heterocycles. The predicted octanol–water partition coefficient (Wildman–Crippen LogP) is 5.74. The van der Waals surface area contributed by atoms with Gasteiger partial charge in [-0.05, 0) is 35.9 Å². The van der Waals surface area contributed by atoms with Gasteiger partial charge in [-0.1, -0.05) is 81.8 Å². The van der Waals surface area contributed by atoms with Crippen molar-refractivity contribution in [1.82, 2.24) is 15.0 Å². The molecule has 0 spiro atoms. The summed E-state index contributed by atoms with van der Waals surface area (Å²) in [6, 6.07) is 23.4. The van der Waals surface area contributed by atoms with Gasteiger partial charge in [0, 0.05) is 15.1 Å². The summed E-state index contributed by atoms with van der Waals surface area (Å²) in [5.74, 6) is 0.00967. The molecule has 0 aliphatic carbocycles. The number of hydrogen-bond donors (Lipinski definition) is 1. The molecule has 0 unspecified atom stereocenters. The van der Waals surface area contributed by atoms with E-state index in [-0.39, 0.29) is 11.7 Å². The highest BCUT2D eigenvalue weighted by Gasteiger charge is 2.13.